The van der Waals surface area contributed by atoms with Crippen molar-refractivity contribution >= 4 is 10.1 Å². The SMILES string of the molecule is COc1ccc(OS(=O)(=O)c2ccc(F)cc2)cc1. The summed E-state index contributed by atoms with van der Waals surface area (Å²) in [5.74, 6) is 0.236. The van der Waals surface area contributed by atoms with Gasteiger partial charge in [-0.15, -0.1) is 0 Å². The second-order valence-electron chi connectivity index (χ2n) is 3.67. The summed E-state index contributed by atoms with van der Waals surface area (Å²) in [4.78, 5) is -0.107. The zero-order valence-corrected chi connectivity index (χ0v) is 10.9. The van der Waals surface area contributed by atoms with Crippen LogP contribution in [0.1, 0.15) is 0 Å². The normalized spacial score (nSPS) is 11.1. The molecule has 0 saturated heterocycles. The summed E-state index contributed by atoms with van der Waals surface area (Å²) < 4.78 is 46.4. The van der Waals surface area contributed by atoms with Gasteiger partial charge >= 0.3 is 10.1 Å². The van der Waals surface area contributed by atoms with Crippen LogP contribution in [0.2, 0.25) is 0 Å². The number of hydrogen-bond donors (Lipinski definition) is 0. The average Bonchev–Trinajstić information content (AvgIpc) is 2.40. The summed E-state index contributed by atoms with van der Waals surface area (Å²) in [6, 6.07) is 10.5. The van der Waals surface area contributed by atoms with E-state index in [1.54, 1.807) is 12.1 Å². The van der Waals surface area contributed by atoms with E-state index in [0.29, 0.717) is 5.75 Å². The Bertz CT molecular complexity index is 648. The van der Waals surface area contributed by atoms with E-state index in [1.165, 1.54) is 19.2 Å². The molecule has 0 saturated carbocycles. The van der Waals surface area contributed by atoms with Crippen LogP contribution in [0.5, 0.6) is 11.5 Å². The molecule has 0 aliphatic carbocycles. The lowest BCUT2D eigenvalue weighted by molar-refractivity contribution is 0.413. The van der Waals surface area contributed by atoms with Crippen LogP contribution in [-0.4, -0.2) is 15.5 Å². The summed E-state index contributed by atoms with van der Waals surface area (Å²) in [5.41, 5.74) is 0. The van der Waals surface area contributed by atoms with Gasteiger partial charge in [-0.05, 0) is 48.5 Å². The fourth-order valence-corrected chi connectivity index (χ4v) is 2.34. The molecule has 0 N–H and O–H groups in total. The van der Waals surface area contributed by atoms with Crippen LogP contribution in [0, 0.1) is 5.82 Å². The van der Waals surface area contributed by atoms with Crippen molar-refractivity contribution in [1.82, 2.24) is 0 Å². The predicted molar refractivity (Wildman–Crippen MR) is 67.2 cm³/mol. The van der Waals surface area contributed by atoms with E-state index < -0.39 is 15.9 Å². The molecule has 2 aromatic rings. The third-order valence-electron chi connectivity index (χ3n) is 2.37. The van der Waals surface area contributed by atoms with Gasteiger partial charge in [0.05, 0.1) is 7.11 Å². The molecule has 0 aromatic heterocycles. The van der Waals surface area contributed by atoms with E-state index in [2.05, 4.69) is 0 Å². The maximum atomic E-state index is 12.7. The van der Waals surface area contributed by atoms with Crippen molar-refractivity contribution in [3.05, 3.63) is 54.3 Å². The van der Waals surface area contributed by atoms with E-state index in [-0.39, 0.29) is 10.6 Å². The number of ether oxygens (including phenoxy) is 1. The van der Waals surface area contributed by atoms with Gasteiger partial charge in [0.15, 0.2) is 0 Å². The van der Waals surface area contributed by atoms with Gasteiger partial charge < -0.3 is 8.92 Å². The number of rotatable bonds is 4. The van der Waals surface area contributed by atoms with Crippen molar-refractivity contribution < 1.29 is 21.7 Å². The van der Waals surface area contributed by atoms with Gasteiger partial charge in [-0.1, -0.05) is 0 Å². The highest BCUT2D eigenvalue weighted by atomic mass is 32.2. The molecule has 0 radical (unpaired) electrons. The zero-order chi connectivity index (χ0) is 13.9. The summed E-state index contributed by atoms with van der Waals surface area (Å²) in [7, 11) is -2.45. The van der Waals surface area contributed by atoms with Gasteiger partial charge in [0.2, 0.25) is 0 Å². The van der Waals surface area contributed by atoms with Crippen molar-refractivity contribution in [3.8, 4) is 11.5 Å². The molecule has 100 valence electrons. The first-order valence-corrected chi connectivity index (χ1v) is 6.76. The minimum absolute atomic E-state index is 0.107. The monoisotopic (exact) mass is 282 g/mol. The van der Waals surface area contributed by atoms with Crippen LogP contribution < -0.4 is 8.92 Å². The predicted octanol–water partition coefficient (Wildman–Crippen LogP) is 2.60. The minimum atomic E-state index is -3.96. The summed E-state index contributed by atoms with van der Waals surface area (Å²) in [6.07, 6.45) is 0. The van der Waals surface area contributed by atoms with Gasteiger partial charge in [0.1, 0.15) is 22.2 Å². The Morgan fingerprint density at radius 3 is 1.95 bits per heavy atom. The quantitative estimate of drug-likeness (QED) is 0.809. The van der Waals surface area contributed by atoms with Crippen molar-refractivity contribution in [2.45, 2.75) is 4.90 Å². The molecule has 0 aliphatic rings. The van der Waals surface area contributed by atoms with E-state index >= 15 is 0 Å². The third-order valence-corrected chi connectivity index (χ3v) is 3.63. The number of halogens is 1. The summed E-state index contributed by atoms with van der Waals surface area (Å²) in [6.45, 7) is 0. The van der Waals surface area contributed by atoms with Gasteiger partial charge in [0.25, 0.3) is 0 Å². The molecule has 0 heterocycles. The van der Waals surface area contributed by atoms with Gasteiger partial charge in [-0.2, -0.15) is 8.42 Å². The molecule has 0 spiro atoms. The molecular weight excluding hydrogens is 271 g/mol. The molecule has 4 nitrogen and oxygen atoms in total. The largest absolute Gasteiger partial charge is 0.497 e. The maximum absolute atomic E-state index is 12.7. The second kappa shape index (κ2) is 5.27. The average molecular weight is 282 g/mol. The zero-order valence-electron chi connectivity index (χ0n) is 10.0. The Labute approximate surface area is 110 Å². The molecule has 19 heavy (non-hydrogen) atoms. The van der Waals surface area contributed by atoms with Crippen LogP contribution in [0.25, 0.3) is 0 Å². The van der Waals surface area contributed by atoms with E-state index in [0.717, 1.165) is 24.3 Å². The van der Waals surface area contributed by atoms with E-state index in [9.17, 15) is 12.8 Å². The van der Waals surface area contributed by atoms with Crippen LogP contribution >= 0.6 is 0 Å². The Balaban J connectivity index is 2.23. The fraction of sp³-hybridized carbons (Fsp3) is 0.0769. The first kappa shape index (κ1) is 13.4. The van der Waals surface area contributed by atoms with E-state index in [4.69, 9.17) is 8.92 Å². The Morgan fingerprint density at radius 1 is 0.895 bits per heavy atom. The van der Waals surface area contributed by atoms with Gasteiger partial charge in [0, 0.05) is 0 Å². The molecule has 0 aliphatic heterocycles. The summed E-state index contributed by atoms with van der Waals surface area (Å²) in [5, 5.41) is 0. The lowest BCUT2D eigenvalue weighted by Gasteiger charge is -2.07. The molecule has 0 amide bonds. The first-order chi connectivity index (χ1) is 9.01. The summed E-state index contributed by atoms with van der Waals surface area (Å²) >= 11 is 0. The molecule has 2 aromatic carbocycles. The van der Waals surface area contributed by atoms with Gasteiger partial charge in [-0.25, -0.2) is 4.39 Å². The highest BCUT2D eigenvalue weighted by Crippen LogP contribution is 2.21. The van der Waals surface area contributed by atoms with Crippen molar-refractivity contribution in [2.75, 3.05) is 7.11 Å². The first-order valence-electron chi connectivity index (χ1n) is 5.35. The van der Waals surface area contributed by atoms with Crippen LogP contribution in [-0.2, 0) is 10.1 Å². The number of benzene rings is 2. The Hall–Kier alpha value is -2.08. The highest BCUT2D eigenvalue weighted by molar-refractivity contribution is 7.87. The molecule has 6 heteroatoms. The lowest BCUT2D eigenvalue weighted by atomic mass is 10.3. The number of hydrogen-bond acceptors (Lipinski definition) is 4. The molecule has 0 bridgehead atoms. The maximum Gasteiger partial charge on any atom is 0.339 e. The van der Waals surface area contributed by atoms with Gasteiger partial charge in [-0.3, -0.25) is 0 Å². The van der Waals surface area contributed by atoms with Crippen LogP contribution in [0.4, 0.5) is 4.39 Å². The molecule has 0 unspecified atom stereocenters. The number of methoxy groups -OCH3 is 1. The standard InChI is InChI=1S/C13H11FO4S/c1-17-11-4-6-12(7-5-11)18-19(15,16)13-8-2-10(14)3-9-13/h2-9H,1H3. The van der Waals surface area contributed by atoms with Crippen LogP contribution in [0.3, 0.4) is 0 Å². The minimum Gasteiger partial charge on any atom is -0.497 e. The third kappa shape index (κ3) is 3.23. The van der Waals surface area contributed by atoms with Crippen molar-refractivity contribution in [1.29, 1.82) is 0 Å². The Morgan fingerprint density at radius 2 is 1.42 bits per heavy atom. The molecule has 0 atom stereocenters. The van der Waals surface area contributed by atoms with Crippen LogP contribution in [0.15, 0.2) is 53.4 Å². The second-order valence-corrected chi connectivity index (χ2v) is 5.21. The highest BCUT2D eigenvalue weighted by Gasteiger charge is 2.16. The van der Waals surface area contributed by atoms with Crippen molar-refractivity contribution in [2.24, 2.45) is 0 Å². The molecular formula is C13H11FO4S. The molecule has 0 fully saturated rings. The van der Waals surface area contributed by atoms with Crippen molar-refractivity contribution in [3.63, 3.8) is 0 Å². The fourth-order valence-electron chi connectivity index (χ4n) is 1.41. The topological polar surface area (TPSA) is 52.6 Å². The molecule has 2 rings (SSSR count). The van der Waals surface area contributed by atoms with E-state index in [1.807, 2.05) is 0 Å². The lowest BCUT2D eigenvalue weighted by Crippen LogP contribution is -2.09. The Kier molecular flexibility index (Phi) is 3.71. The smallest absolute Gasteiger partial charge is 0.339 e.